The summed E-state index contributed by atoms with van der Waals surface area (Å²) in [5.41, 5.74) is 0.325. The second-order valence-electron chi connectivity index (χ2n) is 20.0. The smallest absolute Gasteiger partial charge is 0.263 e. The van der Waals surface area contributed by atoms with Gasteiger partial charge in [-0.15, -0.1) is 0 Å². The zero-order chi connectivity index (χ0) is 69.8. The molecule has 0 aromatic heterocycles. The molecular weight excluding hydrogens is 1390 g/mol. The summed E-state index contributed by atoms with van der Waals surface area (Å²) >= 11 is 21.6. The van der Waals surface area contributed by atoms with Crippen LogP contribution >= 0.6 is 95.9 Å². The van der Waals surface area contributed by atoms with Crippen molar-refractivity contribution in [3.05, 3.63) is 91.0 Å². The van der Waals surface area contributed by atoms with E-state index in [-0.39, 0.29) is 181 Å². The number of hydrogen-bond donors (Lipinski definition) is 0. The van der Waals surface area contributed by atoms with Gasteiger partial charge in [0.05, 0.1) is 97.4 Å². The van der Waals surface area contributed by atoms with Crippen LogP contribution in [0.4, 0.5) is 22.7 Å². The molecule has 0 unspecified atom stereocenters. The van der Waals surface area contributed by atoms with E-state index in [0.717, 1.165) is 41.2 Å². The van der Waals surface area contributed by atoms with E-state index in [2.05, 4.69) is 40.6 Å². The Hall–Kier alpha value is -10.5. The predicted molar refractivity (Wildman–Crippen MR) is 363 cm³/mol. The predicted octanol–water partition coefficient (Wildman–Crippen LogP) is 11.4. The van der Waals surface area contributed by atoms with Crippen LogP contribution in [0.15, 0.2) is 63.8 Å². The van der Waals surface area contributed by atoms with Crippen LogP contribution in [0.25, 0.3) is 32.3 Å². The molecule has 6 aliphatic rings. The number of amides is 12. The zero-order valence-electron chi connectivity index (χ0n) is 50.0. The van der Waals surface area contributed by atoms with E-state index in [4.69, 9.17) is 48.9 Å². The molecule has 12 amide bonds. The molecule has 96 heavy (non-hydrogen) atoms. The summed E-state index contributed by atoms with van der Waals surface area (Å²) in [6.07, 6.45) is 0. The molecule has 34 heteroatoms. The summed E-state index contributed by atoms with van der Waals surface area (Å²) in [7, 11) is 0. The van der Waals surface area contributed by atoms with Crippen molar-refractivity contribution in [1.82, 2.24) is 29.4 Å². The van der Waals surface area contributed by atoms with Gasteiger partial charge in [0.15, 0.2) is 0 Å². The maximum atomic E-state index is 13.6. The van der Waals surface area contributed by atoms with Crippen LogP contribution in [0, 0.1) is 42.7 Å². The summed E-state index contributed by atoms with van der Waals surface area (Å²) in [4.78, 5) is 182. The monoisotopic (exact) mass is 1420 g/mol. The number of benzene rings is 6. The molecular formula is C62H34N14O12S8. The highest BCUT2D eigenvalue weighted by atomic mass is 32.2. The Labute approximate surface area is 579 Å². The highest BCUT2D eigenvalue weighted by Crippen LogP contribution is 2.54. The minimum Gasteiger partial charge on any atom is -0.275 e. The van der Waals surface area contributed by atoms with E-state index >= 15 is 0 Å². The number of nitrogens with zero attached hydrogens (tertiary/aromatic N) is 14. The van der Waals surface area contributed by atoms with Gasteiger partial charge >= 0.3 is 0 Å². The fourth-order valence-electron chi connectivity index (χ4n) is 12.3. The van der Waals surface area contributed by atoms with Crippen LogP contribution in [0.1, 0.15) is 166 Å². The number of carbonyl (C=O) groups is 12. The number of imide groups is 6. The van der Waals surface area contributed by atoms with Crippen LogP contribution in [0.3, 0.4) is 0 Å². The normalized spacial score (nSPS) is 14.4. The van der Waals surface area contributed by atoms with Crippen LogP contribution < -0.4 is 0 Å². The van der Waals surface area contributed by atoms with Crippen molar-refractivity contribution in [2.75, 3.05) is 39.3 Å². The van der Waals surface area contributed by atoms with Gasteiger partial charge in [-0.2, -0.15) is 41.0 Å². The molecule has 0 bridgehead atoms. The first-order valence-corrected chi connectivity index (χ1v) is 32.9. The molecule has 0 saturated heterocycles. The Morgan fingerprint density at radius 1 is 0.312 bits per heavy atom. The van der Waals surface area contributed by atoms with E-state index in [9.17, 15) is 78.6 Å². The van der Waals surface area contributed by atoms with Gasteiger partial charge in [-0.25, -0.2) is 0 Å². The molecule has 6 aromatic rings. The van der Waals surface area contributed by atoms with E-state index < -0.39 is 70.9 Å². The number of nitriles is 4. The second kappa shape index (κ2) is 27.1. The molecule has 0 aliphatic carbocycles. The molecule has 26 nitrogen and oxygen atoms in total. The summed E-state index contributed by atoms with van der Waals surface area (Å²) in [6, 6.07) is 5.67. The first-order chi connectivity index (χ1) is 46.1. The minimum absolute atomic E-state index is 0.0248. The summed E-state index contributed by atoms with van der Waals surface area (Å²) < 4.78 is 0. The average molecular weight is 1420 g/mol. The molecule has 0 radical (unpaired) electrons. The van der Waals surface area contributed by atoms with Gasteiger partial charge in [0.25, 0.3) is 70.9 Å². The van der Waals surface area contributed by atoms with Crippen molar-refractivity contribution in [3.63, 3.8) is 0 Å². The van der Waals surface area contributed by atoms with E-state index in [1.54, 1.807) is 41.5 Å². The number of aliphatic imine (C=N–C) groups is 4. The third-order valence-corrected chi connectivity index (χ3v) is 19.2. The maximum Gasteiger partial charge on any atom is 0.263 e. The first kappa shape index (κ1) is 68.4. The number of isothiocyanates is 4. The molecule has 0 N–H and O–H groups in total. The molecule has 6 heterocycles. The summed E-state index contributed by atoms with van der Waals surface area (Å²) in [5.74, 6) is -7.59. The third-order valence-electron chi connectivity index (χ3n) is 16.0. The third kappa shape index (κ3) is 10.1. The van der Waals surface area contributed by atoms with E-state index in [1.165, 1.54) is 24.3 Å². The fourth-order valence-corrected chi connectivity index (χ4v) is 15.2. The molecule has 0 fully saturated rings. The highest BCUT2D eigenvalue weighted by Gasteiger charge is 2.48. The van der Waals surface area contributed by atoms with Gasteiger partial charge in [0, 0.05) is 92.5 Å². The Kier molecular flexibility index (Phi) is 19.3. The number of carbonyl (C=O) groups excluding carboxylic acids is 12. The standard InChI is InChI=1S/C22H10N6O4S4.2C20H12N4O4S2/c1-3-27-19(29)11-9-10-12(16(26-8-34)15(11)25-7-33)20(30)28(4-2)22(32)14(10)18(36-6-24)17(35-5-23)13(9)21(27)31;1-3-23-18(26)10-6-12(30-7-21)16-14-9(17(25)24(4-2)20(16)28)5-11(22-8-29)15(13(10)14)19(23)27;1-3-23-17(25)9-5-11(22-8-29)14-16-13(9)10(18(23)26)6-12(30-7-21)15(16)20(28)24(4-2)19(14)27/h3-4H2,1-2H3;2*5-6H,3-4H2,1-2H3. The van der Waals surface area contributed by atoms with Crippen molar-refractivity contribution in [2.24, 2.45) is 20.0 Å². The van der Waals surface area contributed by atoms with Crippen molar-refractivity contribution in [3.8, 4) is 21.6 Å². The Bertz CT molecular complexity index is 5150. The average Bonchev–Trinajstić information content (AvgIpc) is 0.694. The minimum atomic E-state index is -0.760. The largest absolute Gasteiger partial charge is 0.275 e. The molecule has 0 spiro atoms. The van der Waals surface area contributed by atoms with Gasteiger partial charge in [-0.1, -0.05) is 0 Å². The quantitative estimate of drug-likeness (QED) is 0.0321. The van der Waals surface area contributed by atoms with Crippen molar-refractivity contribution >= 4 is 243 Å². The van der Waals surface area contributed by atoms with Crippen molar-refractivity contribution in [2.45, 2.75) is 61.1 Å². The molecule has 0 atom stereocenters. The lowest BCUT2D eigenvalue weighted by molar-refractivity contribution is 0.0594. The van der Waals surface area contributed by atoms with E-state index in [0.29, 0.717) is 35.3 Å². The van der Waals surface area contributed by atoms with Crippen molar-refractivity contribution < 1.29 is 57.5 Å². The van der Waals surface area contributed by atoms with Crippen LogP contribution in [-0.2, 0) is 0 Å². The second-order valence-corrected chi connectivity index (χ2v) is 24.0. The van der Waals surface area contributed by atoms with E-state index in [1.807, 2.05) is 21.6 Å². The lowest BCUT2D eigenvalue weighted by atomic mass is 9.83. The zero-order valence-corrected chi connectivity index (χ0v) is 56.5. The number of thiocarbonyl (C=S) groups is 4. The SMILES string of the molecule is CCN1C(=O)c2c(N=C=S)c(N=C=S)c3c4c(c(SC#N)c(SC#N)c(c24)C1=O)C(=O)N(CC)C3=O.CCN1C(=O)c2cc(N=C=S)c3c4c(c(SC#N)cc(c24)C1=O)C(=O)N(CC)C3=O.CCN1C(=O)c2cc(SC#N)c3c4c(cc(N=C=S)c(c24)C1=O)C(=O)N(CC)C3=O. The van der Waals surface area contributed by atoms with Crippen LogP contribution in [-0.4, -0.2) is 160 Å². The van der Waals surface area contributed by atoms with Crippen LogP contribution in [0.2, 0.25) is 0 Å². The lowest BCUT2D eigenvalue weighted by Gasteiger charge is -2.34. The van der Waals surface area contributed by atoms with Gasteiger partial charge < -0.3 is 0 Å². The number of thiocyanates is 4. The number of rotatable bonds is 14. The molecule has 12 rings (SSSR count). The number of thioether (sulfide) groups is 4. The first-order valence-electron chi connectivity index (χ1n) is 28.0. The maximum absolute atomic E-state index is 13.6. The van der Waals surface area contributed by atoms with Crippen molar-refractivity contribution in [1.29, 1.82) is 21.0 Å². The molecule has 6 aliphatic heterocycles. The topological polar surface area (TPSA) is 369 Å². The van der Waals surface area contributed by atoms with Gasteiger partial charge in [0.1, 0.15) is 33.0 Å². The number of hydrogen-bond acceptors (Lipinski definition) is 28. The van der Waals surface area contributed by atoms with Gasteiger partial charge in [-0.05, 0) is 162 Å². The Balaban J connectivity index is 0.000000157. The summed E-state index contributed by atoms with van der Waals surface area (Å²) in [5, 5.41) is 54.7. The molecule has 472 valence electrons. The Morgan fingerprint density at radius 3 is 0.906 bits per heavy atom. The summed E-state index contributed by atoms with van der Waals surface area (Å²) in [6.45, 7) is 10.2. The highest BCUT2D eigenvalue weighted by molar-refractivity contribution is 8.06. The molecule has 0 saturated carbocycles. The molecule has 6 aromatic carbocycles. The fraction of sp³-hybridized carbons (Fsp3) is 0.194. The van der Waals surface area contributed by atoms with Crippen LogP contribution in [0.5, 0.6) is 0 Å². The van der Waals surface area contributed by atoms with Gasteiger partial charge in [0.2, 0.25) is 0 Å². The van der Waals surface area contributed by atoms with Gasteiger partial charge in [-0.3, -0.25) is 86.9 Å². The lowest BCUT2D eigenvalue weighted by Crippen LogP contribution is -2.44. The Morgan fingerprint density at radius 2 is 0.562 bits per heavy atom.